The zero-order chi connectivity index (χ0) is 22.9. The Morgan fingerprint density at radius 1 is 1.00 bits per heavy atom. The maximum Gasteiger partial charge on any atom is 0.261 e. The Kier molecular flexibility index (Phi) is 5.34. The topological polar surface area (TPSA) is 113 Å². The molecular weight excluding hydrogens is 438 g/mol. The molecular formula is C22H12F2N4O3S. The van der Waals surface area contributed by atoms with E-state index in [2.05, 4.69) is 9.97 Å². The molecule has 4 rings (SSSR count). The largest absolute Gasteiger partial charge is 0.288 e. The minimum Gasteiger partial charge on any atom is -0.288 e. The third kappa shape index (κ3) is 3.89. The maximum atomic E-state index is 15.1. The van der Waals surface area contributed by atoms with Crippen LogP contribution in [0.4, 0.5) is 14.5 Å². The van der Waals surface area contributed by atoms with E-state index in [4.69, 9.17) is 5.26 Å². The molecule has 0 aliphatic rings. The van der Waals surface area contributed by atoms with E-state index in [1.54, 1.807) is 6.07 Å². The number of ketones is 1. The van der Waals surface area contributed by atoms with Crippen LogP contribution in [0.2, 0.25) is 0 Å². The fourth-order valence-corrected chi connectivity index (χ4v) is 4.07. The van der Waals surface area contributed by atoms with Crippen molar-refractivity contribution >= 4 is 32.5 Å². The molecule has 0 aliphatic heterocycles. The van der Waals surface area contributed by atoms with Crippen LogP contribution in [-0.4, -0.2) is 24.2 Å². The Bertz CT molecular complexity index is 1520. The number of nitrogens with zero attached hydrogens (tertiary/aromatic N) is 3. The van der Waals surface area contributed by atoms with Crippen LogP contribution in [0.15, 0.2) is 71.8 Å². The zero-order valence-electron chi connectivity index (χ0n) is 16.1. The van der Waals surface area contributed by atoms with E-state index in [1.165, 1.54) is 48.7 Å². The molecule has 0 spiro atoms. The molecule has 0 fully saturated rings. The lowest BCUT2D eigenvalue weighted by Crippen LogP contribution is -2.16. The molecule has 10 heteroatoms. The number of aromatic nitrogens is 2. The Morgan fingerprint density at radius 3 is 2.47 bits per heavy atom. The van der Waals surface area contributed by atoms with Crippen molar-refractivity contribution in [2.24, 2.45) is 0 Å². The van der Waals surface area contributed by atoms with Crippen molar-refractivity contribution in [2.75, 3.05) is 4.72 Å². The molecule has 0 amide bonds. The van der Waals surface area contributed by atoms with Crippen LogP contribution in [0, 0.1) is 23.0 Å². The number of fused-ring (bicyclic) bond motifs is 1. The van der Waals surface area contributed by atoms with Crippen molar-refractivity contribution < 1.29 is 22.0 Å². The molecule has 0 unspecified atom stereocenters. The average Bonchev–Trinajstić information content (AvgIpc) is 2.80. The third-order valence-electron chi connectivity index (χ3n) is 4.53. The van der Waals surface area contributed by atoms with E-state index >= 15 is 4.39 Å². The van der Waals surface area contributed by atoms with E-state index in [0.717, 1.165) is 12.1 Å². The minimum absolute atomic E-state index is 0.0109. The molecule has 3 aromatic carbocycles. The summed E-state index contributed by atoms with van der Waals surface area (Å²) >= 11 is 0. The van der Waals surface area contributed by atoms with Gasteiger partial charge in [0.25, 0.3) is 10.0 Å². The van der Waals surface area contributed by atoms with E-state index in [0.29, 0.717) is 5.52 Å². The van der Waals surface area contributed by atoms with Crippen LogP contribution in [-0.2, 0) is 10.0 Å². The van der Waals surface area contributed by atoms with Crippen molar-refractivity contribution in [3.63, 3.8) is 0 Å². The molecule has 1 heterocycles. The predicted octanol–water partition coefficient (Wildman–Crippen LogP) is 3.81. The summed E-state index contributed by atoms with van der Waals surface area (Å²) in [4.78, 5) is 20.8. The van der Waals surface area contributed by atoms with Gasteiger partial charge in [-0.1, -0.05) is 18.2 Å². The minimum atomic E-state index is -4.16. The average molecular weight is 450 g/mol. The van der Waals surface area contributed by atoms with Crippen LogP contribution >= 0.6 is 0 Å². The fraction of sp³-hybridized carbons (Fsp3) is 0. The van der Waals surface area contributed by atoms with Gasteiger partial charge in [-0.3, -0.25) is 14.5 Å². The molecule has 0 aliphatic carbocycles. The van der Waals surface area contributed by atoms with Crippen LogP contribution in [0.3, 0.4) is 0 Å². The summed E-state index contributed by atoms with van der Waals surface area (Å²) < 4.78 is 56.6. The molecule has 7 nitrogen and oxygen atoms in total. The molecule has 158 valence electrons. The first-order valence-corrected chi connectivity index (χ1v) is 10.6. The quantitative estimate of drug-likeness (QED) is 0.463. The lowest BCUT2D eigenvalue weighted by molar-refractivity contribution is 0.103. The molecule has 32 heavy (non-hydrogen) atoms. The van der Waals surface area contributed by atoms with Gasteiger partial charge in [0.15, 0.2) is 17.3 Å². The number of carbonyl (C=O) groups is 1. The standard InChI is InChI=1S/C22H12F2N4O3S/c23-16-7-9-18(28-32(30,31)15-4-2-1-3-5-15)21(24)20(16)22(29)13-6-8-17-19(10-13)27-14(11-25)12-26-17/h1-10,12,28H. The van der Waals surface area contributed by atoms with Crippen molar-refractivity contribution in [3.8, 4) is 6.07 Å². The SMILES string of the molecule is N#Cc1cnc2ccc(C(=O)c3c(F)ccc(NS(=O)(=O)c4ccccc4)c3F)cc2n1. The highest BCUT2D eigenvalue weighted by Crippen LogP contribution is 2.27. The van der Waals surface area contributed by atoms with Gasteiger partial charge in [0.05, 0.1) is 33.4 Å². The number of hydrogen-bond acceptors (Lipinski definition) is 6. The van der Waals surface area contributed by atoms with Gasteiger partial charge in [-0.15, -0.1) is 0 Å². The van der Waals surface area contributed by atoms with E-state index in [-0.39, 0.29) is 21.7 Å². The second-order valence-corrected chi connectivity index (χ2v) is 8.28. The molecule has 0 bridgehead atoms. The summed E-state index contributed by atoms with van der Waals surface area (Å²) in [5.74, 6) is -3.54. The summed E-state index contributed by atoms with van der Waals surface area (Å²) in [5, 5.41) is 8.96. The highest BCUT2D eigenvalue weighted by Gasteiger charge is 2.25. The zero-order valence-corrected chi connectivity index (χ0v) is 16.9. The monoisotopic (exact) mass is 450 g/mol. The molecule has 4 aromatic rings. The number of hydrogen-bond donors (Lipinski definition) is 1. The number of nitrogens with one attached hydrogen (secondary N) is 1. The first-order valence-electron chi connectivity index (χ1n) is 9.07. The normalized spacial score (nSPS) is 11.2. The predicted molar refractivity (Wildman–Crippen MR) is 111 cm³/mol. The number of halogens is 2. The smallest absolute Gasteiger partial charge is 0.261 e. The van der Waals surface area contributed by atoms with Gasteiger partial charge in [-0.2, -0.15) is 5.26 Å². The Hall–Kier alpha value is -4.23. The number of benzene rings is 3. The maximum absolute atomic E-state index is 15.1. The molecule has 0 saturated heterocycles. The van der Waals surface area contributed by atoms with Gasteiger partial charge in [0, 0.05) is 5.56 Å². The summed E-state index contributed by atoms with van der Waals surface area (Å²) in [5.41, 5.74) is -1.03. The molecule has 1 N–H and O–H groups in total. The van der Waals surface area contributed by atoms with Crippen LogP contribution in [0.5, 0.6) is 0 Å². The van der Waals surface area contributed by atoms with Crippen LogP contribution in [0.25, 0.3) is 11.0 Å². The van der Waals surface area contributed by atoms with Crippen LogP contribution in [0.1, 0.15) is 21.6 Å². The summed E-state index contributed by atoms with van der Waals surface area (Å²) in [7, 11) is -4.16. The number of anilines is 1. The van der Waals surface area contributed by atoms with Crippen molar-refractivity contribution in [2.45, 2.75) is 4.90 Å². The summed E-state index contributed by atoms with van der Waals surface area (Å²) in [6.07, 6.45) is 1.26. The number of rotatable bonds is 5. The Balaban J connectivity index is 1.75. The Labute approximate surface area is 181 Å². The van der Waals surface area contributed by atoms with Gasteiger partial charge in [0.2, 0.25) is 0 Å². The number of sulfonamides is 1. The first kappa shape index (κ1) is 21.0. The Morgan fingerprint density at radius 2 is 1.75 bits per heavy atom. The van der Waals surface area contributed by atoms with E-state index < -0.39 is 38.7 Å². The van der Waals surface area contributed by atoms with Crippen LogP contribution < -0.4 is 4.72 Å². The lowest BCUT2D eigenvalue weighted by atomic mass is 10.0. The second-order valence-electron chi connectivity index (χ2n) is 6.60. The van der Waals surface area contributed by atoms with Gasteiger partial charge >= 0.3 is 0 Å². The molecule has 1 aromatic heterocycles. The highest BCUT2D eigenvalue weighted by molar-refractivity contribution is 7.92. The molecule has 0 atom stereocenters. The summed E-state index contributed by atoms with van der Waals surface area (Å²) in [6.45, 7) is 0. The fourth-order valence-electron chi connectivity index (χ4n) is 2.99. The van der Waals surface area contributed by atoms with Gasteiger partial charge in [0.1, 0.15) is 11.9 Å². The third-order valence-corrected chi connectivity index (χ3v) is 5.92. The second kappa shape index (κ2) is 8.13. The molecule has 0 saturated carbocycles. The molecule has 0 radical (unpaired) electrons. The van der Waals surface area contributed by atoms with Gasteiger partial charge in [-0.25, -0.2) is 22.2 Å². The van der Waals surface area contributed by atoms with Crippen molar-refractivity contribution in [3.05, 3.63) is 95.3 Å². The number of nitriles is 1. The van der Waals surface area contributed by atoms with Gasteiger partial charge in [-0.05, 0) is 42.5 Å². The summed E-state index contributed by atoms with van der Waals surface area (Å²) in [6, 6.07) is 14.7. The van der Waals surface area contributed by atoms with Gasteiger partial charge < -0.3 is 0 Å². The van der Waals surface area contributed by atoms with Crippen molar-refractivity contribution in [1.29, 1.82) is 5.26 Å². The van der Waals surface area contributed by atoms with E-state index in [1.807, 2.05) is 10.8 Å². The highest BCUT2D eigenvalue weighted by atomic mass is 32.2. The lowest BCUT2D eigenvalue weighted by Gasteiger charge is -2.12. The van der Waals surface area contributed by atoms with E-state index in [9.17, 15) is 17.6 Å². The first-order chi connectivity index (χ1) is 15.3. The number of carbonyl (C=O) groups excluding carboxylic acids is 1. The van der Waals surface area contributed by atoms with Crippen molar-refractivity contribution in [1.82, 2.24) is 9.97 Å².